The van der Waals surface area contributed by atoms with E-state index in [9.17, 15) is 19.8 Å². The van der Waals surface area contributed by atoms with Gasteiger partial charge in [-0.3, -0.25) is 9.59 Å². The van der Waals surface area contributed by atoms with Crippen LogP contribution < -0.4 is 5.32 Å². The van der Waals surface area contributed by atoms with Crippen molar-refractivity contribution in [3.8, 4) is 0 Å². The van der Waals surface area contributed by atoms with Gasteiger partial charge in [0.15, 0.2) is 0 Å². The second-order valence-corrected chi connectivity index (χ2v) is 18.2. The van der Waals surface area contributed by atoms with Crippen LogP contribution in [0.15, 0.2) is 85.1 Å². The largest absolute Gasteiger partial charge is 0.462 e. The molecule has 1 amide bonds. The summed E-state index contributed by atoms with van der Waals surface area (Å²) < 4.78 is 5.91. The predicted molar refractivity (Wildman–Crippen MR) is 282 cm³/mol. The Labute approximate surface area is 402 Å². The van der Waals surface area contributed by atoms with E-state index >= 15 is 0 Å². The first-order chi connectivity index (χ1) is 32.0. The monoisotopic (exact) mass is 906 g/mol. The molecule has 0 rings (SSSR count). The smallest absolute Gasteiger partial charge is 0.306 e. The maximum absolute atomic E-state index is 13.2. The van der Waals surface area contributed by atoms with E-state index in [1.165, 1.54) is 103 Å². The number of hydrogen-bond acceptors (Lipinski definition) is 5. The quantitative estimate of drug-likeness (QED) is 0.0321. The number of aliphatic hydroxyl groups is 2. The van der Waals surface area contributed by atoms with Crippen LogP contribution >= 0.6 is 0 Å². The highest BCUT2D eigenvalue weighted by atomic mass is 16.5. The van der Waals surface area contributed by atoms with Crippen molar-refractivity contribution in [2.45, 2.75) is 270 Å². The van der Waals surface area contributed by atoms with E-state index < -0.39 is 18.2 Å². The molecule has 6 heteroatoms. The Kier molecular flexibility index (Phi) is 49.6. The lowest BCUT2D eigenvalue weighted by atomic mass is 10.0. The van der Waals surface area contributed by atoms with Crippen LogP contribution in [-0.2, 0) is 14.3 Å². The fourth-order valence-electron chi connectivity index (χ4n) is 7.84. The van der Waals surface area contributed by atoms with Gasteiger partial charge in [0.25, 0.3) is 0 Å². The summed E-state index contributed by atoms with van der Waals surface area (Å²) in [5.41, 5.74) is 0. The van der Waals surface area contributed by atoms with Crippen molar-refractivity contribution >= 4 is 11.9 Å². The molecular formula is C59H103NO5. The van der Waals surface area contributed by atoms with Crippen molar-refractivity contribution in [3.63, 3.8) is 0 Å². The second-order valence-electron chi connectivity index (χ2n) is 18.2. The number of unbranched alkanes of at least 4 members (excludes halogenated alkanes) is 22. The molecule has 0 saturated carbocycles. The zero-order valence-corrected chi connectivity index (χ0v) is 42.6. The molecule has 0 saturated heterocycles. The molecule has 0 fully saturated rings. The highest BCUT2D eigenvalue weighted by molar-refractivity contribution is 5.77. The van der Waals surface area contributed by atoms with Gasteiger partial charge in [-0.05, 0) is 103 Å². The van der Waals surface area contributed by atoms with Gasteiger partial charge in [-0.25, -0.2) is 0 Å². The number of allylic oxidation sites excluding steroid dienone is 14. The fourth-order valence-corrected chi connectivity index (χ4v) is 7.84. The number of hydrogen-bond donors (Lipinski definition) is 3. The Morgan fingerprint density at radius 3 is 1.29 bits per heavy atom. The first-order valence-corrected chi connectivity index (χ1v) is 27.3. The molecule has 0 aliphatic heterocycles. The Bertz CT molecular complexity index is 1250. The molecule has 0 heterocycles. The van der Waals surface area contributed by atoms with Crippen LogP contribution in [0, 0.1) is 0 Å². The number of esters is 1. The van der Waals surface area contributed by atoms with Crippen LogP contribution in [0.1, 0.15) is 252 Å². The molecule has 0 aromatic rings. The summed E-state index contributed by atoms with van der Waals surface area (Å²) in [6, 6.07) is -0.725. The van der Waals surface area contributed by atoms with Crippen molar-refractivity contribution in [2.24, 2.45) is 0 Å². The van der Waals surface area contributed by atoms with Crippen LogP contribution in [0.4, 0.5) is 0 Å². The van der Waals surface area contributed by atoms with Gasteiger partial charge < -0.3 is 20.3 Å². The maximum Gasteiger partial charge on any atom is 0.306 e. The Hall–Kier alpha value is -2.96. The number of aliphatic hydroxyl groups excluding tert-OH is 2. The van der Waals surface area contributed by atoms with Crippen LogP contribution in [0.5, 0.6) is 0 Å². The fraction of sp³-hybridized carbons (Fsp3) is 0.729. The summed E-state index contributed by atoms with van der Waals surface area (Å²) in [5.74, 6) is -0.551. The Morgan fingerprint density at radius 1 is 0.462 bits per heavy atom. The summed E-state index contributed by atoms with van der Waals surface area (Å²) in [4.78, 5) is 26.2. The average molecular weight is 906 g/mol. The molecule has 0 radical (unpaired) electrons. The first-order valence-electron chi connectivity index (χ1n) is 27.3. The predicted octanol–water partition coefficient (Wildman–Crippen LogP) is 16.7. The summed E-state index contributed by atoms with van der Waals surface area (Å²) in [6.45, 7) is 6.33. The van der Waals surface area contributed by atoms with Gasteiger partial charge in [0.2, 0.25) is 5.91 Å². The van der Waals surface area contributed by atoms with E-state index in [2.05, 4.69) is 111 Å². The molecule has 3 N–H and O–H groups in total. The topological polar surface area (TPSA) is 95.9 Å². The first kappa shape index (κ1) is 62.0. The molecule has 6 nitrogen and oxygen atoms in total. The third-order valence-electron chi connectivity index (χ3n) is 12.0. The molecule has 0 aromatic heterocycles. The molecule has 3 atom stereocenters. The van der Waals surface area contributed by atoms with Crippen LogP contribution in [-0.4, -0.2) is 46.9 Å². The molecule has 0 spiro atoms. The molecule has 0 aliphatic carbocycles. The zero-order valence-electron chi connectivity index (χ0n) is 42.6. The van der Waals surface area contributed by atoms with Crippen LogP contribution in [0.3, 0.4) is 0 Å². The number of amides is 1. The van der Waals surface area contributed by atoms with Gasteiger partial charge in [0.05, 0.1) is 25.2 Å². The molecule has 3 unspecified atom stereocenters. The van der Waals surface area contributed by atoms with Gasteiger partial charge in [-0.15, -0.1) is 0 Å². The average Bonchev–Trinajstić information content (AvgIpc) is 3.30. The summed E-state index contributed by atoms with van der Waals surface area (Å²) >= 11 is 0. The Balaban J connectivity index is 4.62. The van der Waals surface area contributed by atoms with Crippen LogP contribution in [0.2, 0.25) is 0 Å². The number of nitrogens with one attached hydrogen (secondary N) is 1. The highest BCUT2D eigenvalue weighted by Gasteiger charge is 2.24. The minimum absolute atomic E-state index is 0.0348. The molecular weight excluding hydrogens is 803 g/mol. The van der Waals surface area contributed by atoms with E-state index in [4.69, 9.17) is 4.74 Å². The molecule has 0 bridgehead atoms. The maximum atomic E-state index is 13.2. The van der Waals surface area contributed by atoms with Gasteiger partial charge in [-0.1, -0.05) is 221 Å². The summed E-state index contributed by atoms with van der Waals surface area (Å²) in [6.07, 6.45) is 67.9. The molecule has 374 valence electrons. The van der Waals surface area contributed by atoms with E-state index in [0.717, 1.165) is 103 Å². The van der Waals surface area contributed by atoms with E-state index in [1.54, 1.807) is 0 Å². The Morgan fingerprint density at radius 2 is 0.831 bits per heavy atom. The SMILES string of the molecule is CC/C=C/C/C=C/C/C=C/CCCCC(CC(=O)NC(CO)C(O)CCCCCCCCCCCCCCCCC)OC(=O)CCCCC/C=C\C/C=C\C/C=C\C/C=C\CCCCC. The lowest BCUT2D eigenvalue weighted by Crippen LogP contribution is -2.46. The van der Waals surface area contributed by atoms with Crippen molar-refractivity contribution < 1.29 is 24.5 Å². The zero-order chi connectivity index (χ0) is 47.4. The lowest BCUT2D eigenvalue weighted by molar-refractivity contribution is -0.151. The summed E-state index contributed by atoms with van der Waals surface area (Å²) in [7, 11) is 0. The van der Waals surface area contributed by atoms with Gasteiger partial charge in [-0.2, -0.15) is 0 Å². The molecule has 0 aromatic carbocycles. The van der Waals surface area contributed by atoms with Crippen molar-refractivity contribution in [3.05, 3.63) is 85.1 Å². The third kappa shape index (κ3) is 47.3. The third-order valence-corrected chi connectivity index (χ3v) is 12.0. The van der Waals surface area contributed by atoms with Gasteiger partial charge in [0.1, 0.15) is 6.10 Å². The van der Waals surface area contributed by atoms with E-state index in [1.807, 2.05) is 0 Å². The molecule has 65 heavy (non-hydrogen) atoms. The number of ether oxygens (including phenoxy) is 1. The number of carbonyl (C=O) groups is 2. The number of rotatable bonds is 48. The lowest BCUT2D eigenvalue weighted by Gasteiger charge is -2.24. The van der Waals surface area contributed by atoms with Gasteiger partial charge >= 0.3 is 5.97 Å². The minimum Gasteiger partial charge on any atom is -0.462 e. The number of carbonyl (C=O) groups excluding carboxylic acids is 2. The second kappa shape index (κ2) is 52.0. The van der Waals surface area contributed by atoms with Crippen molar-refractivity contribution in [1.82, 2.24) is 5.32 Å². The van der Waals surface area contributed by atoms with Crippen molar-refractivity contribution in [2.75, 3.05) is 6.61 Å². The van der Waals surface area contributed by atoms with E-state index in [0.29, 0.717) is 19.3 Å². The van der Waals surface area contributed by atoms with Crippen molar-refractivity contribution in [1.29, 1.82) is 0 Å². The van der Waals surface area contributed by atoms with Gasteiger partial charge in [0, 0.05) is 6.42 Å². The molecule has 0 aliphatic rings. The van der Waals surface area contributed by atoms with Crippen LogP contribution in [0.25, 0.3) is 0 Å². The standard InChI is InChI=1S/C59H103NO5/c1-4-7-10-13-16-19-22-25-27-28-29-30-32-34-37-40-43-46-49-52-59(64)65-55(50-47-44-41-38-35-24-21-18-15-12-9-6-3)53-58(63)60-56(54-61)57(62)51-48-45-42-39-36-33-31-26-23-20-17-14-11-8-5-2/h9,12,16,18-19,21,25,27,29-30,34-35,37-38,55-57,61-62H,4-8,10-11,13-15,17,20,22-24,26,28,31-33,36,39-54H2,1-3H3,(H,60,63)/b12-9+,19-16-,21-18+,27-25-,30-29-,37-34-,38-35+. The minimum atomic E-state index is -0.808. The summed E-state index contributed by atoms with van der Waals surface area (Å²) in [5, 5.41) is 23.8. The normalized spacial score (nSPS) is 13.9. The van der Waals surface area contributed by atoms with E-state index in [-0.39, 0.29) is 24.9 Å². The highest BCUT2D eigenvalue weighted by Crippen LogP contribution is 2.17.